The number of hydrogen-bond acceptors (Lipinski definition) is 3. The first kappa shape index (κ1) is 9.68. The Morgan fingerprint density at radius 3 is 3.14 bits per heavy atom. The highest BCUT2D eigenvalue weighted by Gasteiger charge is 2.25. The minimum absolute atomic E-state index is 0.548. The molecule has 1 aromatic heterocycles. The molecule has 1 atom stereocenters. The van der Waals surface area contributed by atoms with E-state index >= 15 is 0 Å². The Labute approximate surface area is 84.7 Å². The summed E-state index contributed by atoms with van der Waals surface area (Å²) in [6.07, 6.45) is 6.60. The van der Waals surface area contributed by atoms with E-state index in [1.807, 2.05) is 17.9 Å². The van der Waals surface area contributed by atoms with Gasteiger partial charge in [-0.15, -0.1) is 0 Å². The average Bonchev–Trinajstić information content (AvgIpc) is 2.74. The Bertz CT molecular complexity index is 294. The first-order valence-electron chi connectivity index (χ1n) is 5.24. The molecule has 0 aromatic carbocycles. The van der Waals surface area contributed by atoms with Crippen LogP contribution in [-0.4, -0.2) is 34.3 Å². The van der Waals surface area contributed by atoms with Crippen LogP contribution in [0.25, 0.3) is 0 Å². The maximum atomic E-state index is 5.59. The van der Waals surface area contributed by atoms with Crippen LogP contribution in [0, 0.1) is 0 Å². The summed E-state index contributed by atoms with van der Waals surface area (Å²) < 4.78 is 1.87. The molecule has 1 fully saturated rings. The predicted octanol–water partition coefficient (Wildman–Crippen LogP) is 0.516. The molecule has 1 aliphatic heterocycles. The van der Waals surface area contributed by atoms with E-state index < -0.39 is 0 Å². The maximum absolute atomic E-state index is 5.59. The highest BCUT2D eigenvalue weighted by atomic mass is 15.3. The quantitative estimate of drug-likeness (QED) is 0.763. The normalized spacial score (nSPS) is 23.1. The Hall–Kier alpha value is -0.870. The summed E-state index contributed by atoms with van der Waals surface area (Å²) in [5.74, 6) is 0. The van der Waals surface area contributed by atoms with Crippen LogP contribution in [0.5, 0.6) is 0 Å². The Kier molecular flexibility index (Phi) is 2.84. The van der Waals surface area contributed by atoms with E-state index in [9.17, 15) is 0 Å². The smallest absolute Gasteiger partial charge is 0.0537 e. The van der Waals surface area contributed by atoms with E-state index in [-0.39, 0.29) is 0 Å². The summed E-state index contributed by atoms with van der Waals surface area (Å²) in [6, 6.07) is 0.548. The molecule has 0 amide bonds. The van der Waals surface area contributed by atoms with Gasteiger partial charge in [0.15, 0.2) is 0 Å². The van der Waals surface area contributed by atoms with E-state index in [2.05, 4.69) is 16.2 Å². The van der Waals surface area contributed by atoms with Crippen molar-refractivity contribution < 1.29 is 0 Å². The standard InChI is InChI=1S/C10H18N4/c1-13-8-9(7-12-13)10-3-2-5-14(10)6-4-11/h7-8,10H,2-6,11H2,1H3. The number of nitrogens with zero attached hydrogens (tertiary/aromatic N) is 3. The van der Waals surface area contributed by atoms with Crippen molar-refractivity contribution in [3.63, 3.8) is 0 Å². The lowest BCUT2D eigenvalue weighted by Gasteiger charge is -2.22. The lowest BCUT2D eigenvalue weighted by atomic mass is 10.1. The van der Waals surface area contributed by atoms with Gasteiger partial charge in [0.05, 0.1) is 6.20 Å². The van der Waals surface area contributed by atoms with Gasteiger partial charge in [0.2, 0.25) is 0 Å². The molecule has 1 aromatic rings. The molecule has 0 bridgehead atoms. The topological polar surface area (TPSA) is 47.1 Å². The van der Waals surface area contributed by atoms with Gasteiger partial charge in [-0.2, -0.15) is 5.10 Å². The zero-order chi connectivity index (χ0) is 9.97. The fourth-order valence-electron chi connectivity index (χ4n) is 2.25. The van der Waals surface area contributed by atoms with E-state index in [4.69, 9.17) is 5.73 Å². The second-order valence-electron chi connectivity index (χ2n) is 3.93. The fraction of sp³-hybridized carbons (Fsp3) is 0.700. The van der Waals surface area contributed by atoms with E-state index in [0.29, 0.717) is 6.04 Å². The van der Waals surface area contributed by atoms with Crippen molar-refractivity contribution in [1.29, 1.82) is 0 Å². The summed E-state index contributed by atoms with van der Waals surface area (Å²) in [5, 5.41) is 4.21. The highest BCUT2D eigenvalue weighted by molar-refractivity contribution is 5.12. The van der Waals surface area contributed by atoms with Gasteiger partial charge in [-0.1, -0.05) is 0 Å². The number of rotatable bonds is 3. The molecule has 2 rings (SSSR count). The monoisotopic (exact) mass is 194 g/mol. The van der Waals surface area contributed by atoms with Crippen LogP contribution >= 0.6 is 0 Å². The molecule has 1 saturated heterocycles. The predicted molar refractivity (Wildman–Crippen MR) is 55.8 cm³/mol. The highest BCUT2D eigenvalue weighted by Crippen LogP contribution is 2.30. The molecule has 1 unspecified atom stereocenters. The molecular formula is C10H18N4. The largest absolute Gasteiger partial charge is 0.329 e. The molecular weight excluding hydrogens is 176 g/mol. The van der Waals surface area contributed by atoms with Crippen LogP contribution in [0.3, 0.4) is 0 Å². The zero-order valence-corrected chi connectivity index (χ0v) is 8.69. The van der Waals surface area contributed by atoms with Gasteiger partial charge in [-0.05, 0) is 19.4 Å². The maximum Gasteiger partial charge on any atom is 0.0537 e. The Morgan fingerprint density at radius 2 is 2.50 bits per heavy atom. The van der Waals surface area contributed by atoms with Crippen molar-refractivity contribution in [2.75, 3.05) is 19.6 Å². The van der Waals surface area contributed by atoms with Crippen LogP contribution in [-0.2, 0) is 7.05 Å². The van der Waals surface area contributed by atoms with Gasteiger partial charge in [0.1, 0.15) is 0 Å². The molecule has 14 heavy (non-hydrogen) atoms. The third kappa shape index (κ3) is 1.81. The van der Waals surface area contributed by atoms with Crippen LogP contribution in [0.15, 0.2) is 12.4 Å². The van der Waals surface area contributed by atoms with Crippen molar-refractivity contribution in [2.24, 2.45) is 12.8 Å². The van der Waals surface area contributed by atoms with Gasteiger partial charge in [0.25, 0.3) is 0 Å². The molecule has 2 N–H and O–H groups in total. The Balaban J connectivity index is 2.09. The molecule has 0 spiro atoms. The summed E-state index contributed by atoms with van der Waals surface area (Å²) in [4.78, 5) is 2.46. The number of nitrogens with two attached hydrogens (primary N) is 1. The molecule has 4 heteroatoms. The molecule has 0 saturated carbocycles. The second kappa shape index (κ2) is 4.11. The summed E-state index contributed by atoms with van der Waals surface area (Å²) >= 11 is 0. The zero-order valence-electron chi connectivity index (χ0n) is 8.69. The third-order valence-corrected chi connectivity index (χ3v) is 2.89. The van der Waals surface area contributed by atoms with Crippen LogP contribution in [0.1, 0.15) is 24.4 Å². The SMILES string of the molecule is Cn1cc(C2CCCN2CCN)cn1. The van der Waals surface area contributed by atoms with E-state index in [1.165, 1.54) is 24.9 Å². The van der Waals surface area contributed by atoms with Crippen molar-refractivity contribution in [3.05, 3.63) is 18.0 Å². The fourth-order valence-corrected chi connectivity index (χ4v) is 2.25. The molecule has 78 valence electrons. The van der Waals surface area contributed by atoms with Crippen molar-refractivity contribution in [1.82, 2.24) is 14.7 Å². The van der Waals surface area contributed by atoms with E-state index in [1.54, 1.807) is 0 Å². The number of hydrogen-bond donors (Lipinski definition) is 1. The number of likely N-dealkylation sites (tertiary alicyclic amines) is 1. The minimum atomic E-state index is 0.548. The molecule has 1 aliphatic rings. The average molecular weight is 194 g/mol. The van der Waals surface area contributed by atoms with Crippen LogP contribution in [0.2, 0.25) is 0 Å². The van der Waals surface area contributed by atoms with Crippen LogP contribution < -0.4 is 5.73 Å². The van der Waals surface area contributed by atoms with Crippen molar-refractivity contribution in [3.8, 4) is 0 Å². The summed E-state index contributed by atoms with van der Waals surface area (Å²) in [7, 11) is 1.96. The molecule has 4 nitrogen and oxygen atoms in total. The Morgan fingerprint density at radius 1 is 1.64 bits per heavy atom. The molecule has 2 heterocycles. The third-order valence-electron chi connectivity index (χ3n) is 2.89. The second-order valence-corrected chi connectivity index (χ2v) is 3.93. The minimum Gasteiger partial charge on any atom is -0.329 e. The summed E-state index contributed by atoms with van der Waals surface area (Å²) in [5.41, 5.74) is 6.92. The van der Waals surface area contributed by atoms with Crippen molar-refractivity contribution in [2.45, 2.75) is 18.9 Å². The number of aryl methyl sites for hydroxylation is 1. The number of aromatic nitrogens is 2. The van der Waals surface area contributed by atoms with Gasteiger partial charge < -0.3 is 5.73 Å². The van der Waals surface area contributed by atoms with Gasteiger partial charge in [-0.25, -0.2) is 0 Å². The molecule has 0 aliphatic carbocycles. The van der Waals surface area contributed by atoms with Crippen molar-refractivity contribution >= 4 is 0 Å². The first-order chi connectivity index (χ1) is 6.81. The van der Waals surface area contributed by atoms with Crippen LogP contribution in [0.4, 0.5) is 0 Å². The van der Waals surface area contributed by atoms with Gasteiger partial charge in [0, 0.05) is 37.9 Å². The van der Waals surface area contributed by atoms with E-state index in [0.717, 1.165) is 13.1 Å². The first-order valence-corrected chi connectivity index (χ1v) is 5.24. The lowest BCUT2D eigenvalue weighted by molar-refractivity contribution is 0.264. The molecule has 0 radical (unpaired) electrons. The summed E-state index contributed by atoms with van der Waals surface area (Å²) in [6.45, 7) is 2.92. The van der Waals surface area contributed by atoms with Gasteiger partial charge >= 0.3 is 0 Å². The lowest BCUT2D eigenvalue weighted by Crippen LogP contribution is -2.28. The van der Waals surface area contributed by atoms with Gasteiger partial charge in [-0.3, -0.25) is 9.58 Å².